The summed E-state index contributed by atoms with van der Waals surface area (Å²) in [6, 6.07) is 7.32. The summed E-state index contributed by atoms with van der Waals surface area (Å²) in [5, 5.41) is 20.0. The number of alkyl halides is 1. The molecule has 0 aliphatic heterocycles. The van der Waals surface area contributed by atoms with Gasteiger partial charge in [0.25, 0.3) is 0 Å². The molecule has 31 heavy (non-hydrogen) atoms. The van der Waals surface area contributed by atoms with Crippen LogP contribution in [0, 0.1) is 11.8 Å². The second kappa shape index (κ2) is 11.8. The monoisotopic (exact) mass is 505 g/mol. The molecule has 1 aliphatic rings. The van der Waals surface area contributed by atoms with Crippen LogP contribution in [0.2, 0.25) is 10.3 Å². The van der Waals surface area contributed by atoms with Gasteiger partial charge in [0.2, 0.25) is 0 Å². The summed E-state index contributed by atoms with van der Waals surface area (Å²) in [5.41, 5.74) is 1.01. The van der Waals surface area contributed by atoms with Crippen LogP contribution >= 0.6 is 46.1 Å². The fourth-order valence-corrected chi connectivity index (χ4v) is 6.21. The number of halogens is 3. The van der Waals surface area contributed by atoms with Gasteiger partial charge in [-0.1, -0.05) is 23.2 Å². The van der Waals surface area contributed by atoms with Crippen molar-refractivity contribution in [1.82, 2.24) is 4.98 Å². The normalized spacial score (nSPS) is 23.3. The molecular weight excluding hydrogens is 481 g/mol. The number of hydrogen-bond acceptors (Lipinski definition) is 6. The van der Waals surface area contributed by atoms with E-state index in [-0.39, 0.29) is 30.4 Å². The SMILES string of the molecule is O=C(OCCO)c1ccc(CCCC2C(Cl)CC(O)[C@@H]2CCc2cc(Cl)nc(Cl)c2)s1. The van der Waals surface area contributed by atoms with E-state index < -0.39 is 12.1 Å². The maximum Gasteiger partial charge on any atom is 0.348 e. The number of rotatable bonds is 10. The van der Waals surface area contributed by atoms with Gasteiger partial charge in [0.05, 0.1) is 12.7 Å². The van der Waals surface area contributed by atoms with Crippen molar-refractivity contribution in [1.29, 1.82) is 0 Å². The number of nitrogens with zero attached hydrogens (tertiary/aromatic N) is 1. The van der Waals surface area contributed by atoms with Gasteiger partial charge in [0, 0.05) is 10.3 Å². The van der Waals surface area contributed by atoms with Crippen LogP contribution in [0.3, 0.4) is 0 Å². The van der Waals surface area contributed by atoms with Crippen LogP contribution in [0.1, 0.15) is 45.8 Å². The number of thiophene rings is 1. The van der Waals surface area contributed by atoms with Crippen LogP contribution < -0.4 is 0 Å². The number of aliphatic hydroxyl groups is 2. The first-order chi connectivity index (χ1) is 14.9. The molecule has 0 aromatic carbocycles. The van der Waals surface area contributed by atoms with Crippen molar-refractivity contribution in [3.05, 3.63) is 49.9 Å². The molecule has 4 atom stereocenters. The fraction of sp³-hybridized carbons (Fsp3) is 0.545. The third-order valence-electron chi connectivity index (χ3n) is 5.71. The van der Waals surface area contributed by atoms with Crippen LogP contribution in [-0.2, 0) is 17.6 Å². The minimum atomic E-state index is -0.407. The minimum absolute atomic E-state index is 0.00642. The van der Waals surface area contributed by atoms with E-state index in [9.17, 15) is 9.90 Å². The highest BCUT2D eigenvalue weighted by Gasteiger charge is 2.40. The van der Waals surface area contributed by atoms with Gasteiger partial charge in [-0.25, -0.2) is 9.78 Å². The van der Waals surface area contributed by atoms with Gasteiger partial charge < -0.3 is 14.9 Å². The number of aromatic nitrogens is 1. The van der Waals surface area contributed by atoms with Crippen LogP contribution in [0.15, 0.2) is 24.3 Å². The predicted molar refractivity (Wildman–Crippen MR) is 124 cm³/mol. The highest BCUT2D eigenvalue weighted by atomic mass is 35.5. The number of hydrogen-bond donors (Lipinski definition) is 2. The zero-order chi connectivity index (χ0) is 22.4. The number of esters is 1. The van der Waals surface area contributed by atoms with Crippen LogP contribution in [0.5, 0.6) is 0 Å². The molecule has 2 N–H and O–H groups in total. The molecule has 2 heterocycles. The first kappa shape index (κ1) is 24.7. The summed E-state index contributed by atoms with van der Waals surface area (Å²) in [4.78, 5) is 17.5. The average Bonchev–Trinajstić information content (AvgIpc) is 3.28. The lowest BCUT2D eigenvalue weighted by Gasteiger charge is -2.23. The number of aryl methyl sites for hydroxylation is 2. The Morgan fingerprint density at radius 1 is 1.16 bits per heavy atom. The highest BCUT2D eigenvalue weighted by molar-refractivity contribution is 7.13. The Kier molecular flexibility index (Phi) is 9.44. The van der Waals surface area contributed by atoms with Gasteiger partial charge in [0.1, 0.15) is 21.8 Å². The quantitative estimate of drug-likeness (QED) is 0.264. The molecule has 0 bridgehead atoms. The second-order valence-electron chi connectivity index (χ2n) is 7.82. The zero-order valence-corrected chi connectivity index (χ0v) is 20.1. The molecule has 0 saturated heterocycles. The van der Waals surface area contributed by atoms with E-state index >= 15 is 0 Å². The largest absolute Gasteiger partial charge is 0.459 e. The summed E-state index contributed by atoms with van der Waals surface area (Å²) >= 11 is 20.0. The van der Waals surface area contributed by atoms with E-state index in [0.717, 1.165) is 42.5 Å². The van der Waals surface area contributed by atoms with Gasteiger partial charge >= 0.3 is 5.97 Å². The minimum Gasteiger partial charge on any atom is -0.459 e. The standard InChI is InChI=1S/C22H26Cl3NO4S/c23-17-12-18(28)16(6-4-13-10-20(24)26-21(25)11-13)15(17)3-1-2-14-5-7-19(31-14)22(29)30-9-8-27/h5,7,10-11,15-18,27-28H,1-4,6,8-9,12H2/t15?,16-,17?,18?/m1/s1. The van der Waals surface area contributed by atoms with Crippen molar-refractivity contribution in [3.8, 4) is 0 Å². The molecule has 9 heteroatoms. The molecule has 5 nitrogen and oxygen atoms in total. The molecule has 2 aromatic heterocycles. The number of carbonyl (C=O) groups is 1. The summed E-state index contributed by atoms with van der Waals surface area (Å²) in [6.07, 6.45) is 4.45. The van der Waals surface area contributed by atoms with Crippen molar-refractivity contribution in [2.24, 2.45) is 11.8 Å². The third kappa shape index (κ3) is 7.04. The van der Waals surface area contributed by atoms with Crippen molar-refractivity contribution >= 4 is 52.1 Å². The first-order valence-electron chi connectivity index (χ1n) is 10.4. The Morgan fingerprint density at radius 2 is 1.90 bits per heavy atom. The molecule has 170 valence electrons. The van der Waals surface area contributed by atoms with E-state index in [2.05, 4.69) is 4.98 Å². The average molecular weight is 507 g/mol. The number of carbonyl (C=O) groups excluding carboxylic acids is 1. The maximum atomic E-state index is 11.9. The smallest absolute Gasteiger partial charge is 0.348 e. The highest BCUT2D eigenvalue weighted by Crippen LogP contribution is 2.41. The third-order valence-corrected chi connectivity index (χ3v) is 7.73. The summed E-state index contributed by atoms with van der Waals surface area (Å²) < 4.78 is 4.95. The summed E-state index contributed by atoms with van der Waals surface area (Å²) in [6.45, 7) is -0.175. The molecular formula is C22H26Cl3NO4S. The van der Waals surface area contributed by atoms with Crippen molar-refractivity contribution < 1.29 is 19.7 Å². The van der Waals surface area contributed by atoms with E-state index in [1.807, 2.05) is 18.2 Å². The van der Waals surface area contributed by atoms with Crippen molar-refractivity contribution in [2.45, 2.75) is 50.0 Å². The van der Waals surface area contributed by atoms with Crippen LogP contribution in [0.4, 0.5) is 0 Å². The van der Waals surface area contributed by atoms with Gasteiger partial charge in [-0.15, -0.1) is 22.9 Å². The molecule has 1 aliphatic carbocycles. The zero-order valence-electron chi connectivity index (χ0n) is 17.0. The van der Waals surface area contributed by atoms with E-state index in [1.165, 1.54) is 11.3 Å². The van der Waals surface area contributed by atoms with Crippen molar-refractivity contribution in [2.75, 3.05) is 13.2 Å². The number of ether oxygens (including phenoxy) is 1. The first-order valence-corrected chi connectivity index (χ1v) is 12.4. The Hall–Kier alpha value is -0.890. The molecule has 2 aromatic rings. The Morgan fingerprint density at radius 3 is 2.61 bits per heavy atom. The summed E-state index contributed by atoms with van der Waals surface area (Å²) in [5.74, 6) is -0.0413. The molecule has 1 fully saturated rings. The lowest BCUT2D eigenvalue weighted by molar-refractivity contribution is 0.0439. The topological polar surface area (TPSA) is 79.7 Å². The Bertz CT molecular complexity index is 858. The number of aliphatic hydroxyl groups excluding tert-OH is 2. The maximum absolute atomic E-state index is 11.9. The summed E-state index contributed by atoms with van der Waals surface area (Å²) in [7, 11) is 0. The molecule has 3 rings (SSSR count). The Labute approximate surface area is 201 Å². The predicted octanol–water partition coefficient (Wildman–Crippen LogP) is 5.16. The van der Waals surface area contributed by atoms with Crippen LogP contribution in [0.25, 0.3) is 0 Å². The van der Waals surface area contributed by atoms with Gasteiger partial charge in [-0.2, -0.15) is 0 Å². The lowest BCUT2D eigenvalue weighted by Crippen LogP contribution is -2.21. The van der Waals surface area contributed by atoms with Gasteiger partial charge in [0.15, 0.2) is 0 Å². The molecule has 0 amide bonds. The number of pyridine rings is 1. The van der Waals surface area contributed by atoms with Crippen molar-refractivity contribution in [3.63, 3.8) is 0 Å². The van der Waals surface area contributed by atoms with E-state index in [4.69, 9.17) is 44.6 Å². The van der Waals surface area contributed by atoms with Gasteiger partial charge in [-0.3, -0.25) is 0 Å². The van der Waals surface area contributed by atoms with E-state index in [1.54, 1.807) is 6.07 Å². The molecule has 3 unspecified atom stereocenters. The van der Waals surface area contributed by atoms with E-state index in [0.29, 0.717) is 21.6 Å². The molecule has 0 spiro atoms. The second-order valence-corrected chi connectivity index (χ2v) is 10.3. The lowest BCUT2D eigenvalue weighted by atomic mass is 9.85. The Balaban J connectivity index is 1.52. The molecule has 0 radical (unpaired) electrons. The van der Waals surface area contributed by atoms with Crippen LogP contribution in [-0.4, -0.2) is 45.9 Å². The fourth-order valence-electron chi connectivity index (χ4n) is 4.27. The van der Waals surface area contributed by atoms with Gasteiger partial charge in [-0.05, 0) is 80.2 Å². The molecule has 1 saturated carbocycles.